The van der Waals surface area contributed by atoms with Crippen molar-refractivity contribution in [2.75, 3.05) is 4.90 Å². The Hall–Kier alpha value is -7.27. The molecule has 11 aromatic rings. The number of hydrogen-bond donors (Lipinski definition) is 0. The summed E-state index contributed by atoms with van der Waals surface area (Å²) in [5.74, 6) is -0.251. The number of thiophene rings is 1. The smallest absolute Gasteiger partial charge is 0.125 e. The molecule has 2 nitrogen and oxygen atoms in total. The first kappa shape index (κ1) is 34.0. The SMILES string of the molecule is Fc1ccc2c3ccccc3n(-c3ccccc3-c3ccc(N(c4ccc(-c5cccc6sc7ccccc7c56)cc4)c4ccccc4-c4ccccc4)cc3)c2c1. The molecular weight excluding hydrogens is 728 g/mol. The summed E-state index contributed by atoms with van der Waals surface area (Å²) < 4.78 is 19.6. The minimum Gasteiger partial charge on any atom is -0.310 e. The number of rotatable bonds is 7. The Morgan fingerprint density at radius 3 is 1.76 bits per heavy atom. The summed E-state index contributed by atoms with van der Waals surface area (Å²) in [6, 6.07) is 74.2. The van der Waals surface area contributed by atoms with E-state index in [4.69, 9.17) is 0 Å². The molecule has 0 fully saturated rings. The molecule has 11 rings (SSSR count). The van der Waals surface area contributed by atoms with Gasteiger partial charge in [0.25, 0.3) is 0 Å². The Kier molecular flexibility index (Phi) is 8.23. The summed E-state index contributed by atoms with van der Waals surface area (Å²) in [6.45, 7) is 0. The third kappa shape index (κ3) is 5.69. The maximum absolute atomic E-state index is 14.8. The van der Waals surface area contributed by atoms with Gasteiger partial charge in [-0.25, -0.2) is 4.39 Å². The monoisotopic (exact) mass is 762 g/mol. The molecule has 0 unspecified atom stereocenters. The van der Waals surface area contributed by atoms with Crippen LogP contribution < -0.4 is 4.90 Å². The standard InChI is InChI=1S/C54H35FN2S/c55-39-29-34-46-45-17-6-10-22-50(45)57(51(46)35-39)49-21-9-5-16-43(49)37-25-30-40(31-26-37)56(48-20-8-4-15-42(48)36-13-2-1-3-14-36)41-32-27-38(28-33-41)44-19-12-24-53-54(44)47-18-7-11-23-52(47)58-53/h1-35H. The van der Waals surface area contributed by atoms with Crippen LogP contribution in [0.1, 0.15) is 0 Å². The number of para-hydroxylation sites is 3. The van der Waals surface area contributed by atoms with Gasteiger partial charge in [0.15, 0.2) is 0 Å². The van der Waals surface area contributed by atoms with E-state index in [0.717, 1.165) is 66.8 Å². The van der Waals surface area contributed by atoms with Gasteiger partial charge in [0, 0.05) is 53.4 Å². The number of benzene rings is 9. The maximum Gasteiger partial charge on any atom is 0.125 e. The molecule has 58 heavy (non-hydrogen) atoms. The van der Waals surface area contributed by atoms with Gasteiger partial charge in [0.2, 0.25) is 0 Å². The van der Waals surface area contributed by atoms with Crippen LogP contribution in [0.15, 0.2) is 212 Å². The number of halogens is 1. The molecule has 0 N–H and O–H groups in total. The van der Waals surface area contributed by atoms with Crippen LogP contribution in [-0.4, -0.2) is 4.57 Å². The van der Waals surface area contributed by atoms with Crippen LogP contribution in [0.3, 0.4) is 0 Å². The van der Waals surface area contributed by atoms with Gasteiger partial charge in [-0.2, -0.15) is 0 Å². The highest BCUT2D eigenvalue weighted by molar-refractivity contribution is 7.25. The predicted octanol–water partition coefficient (Wildman–Crippen LogP) is 15.8. The van der Waals surface area contributed by atoms with Gasteiger partial charge < -0.3 is 9.47 Å². The number of hydrogen-bond acceptors (Lipinski definition) is 2. The van der Waals surface area contributed by atoms with E-state index in [0.29, 0.717) is 0 Å². The molecular formula is C54H35FN2S. The molecule has 0 spiro atoms. The lowest BCUT2D eigenvalue weighted by Gasteiger charge is -2.28. The molecule has 0 bridgehead atoms. The highest BCUT2D eigenvalue weighted by Gasteiger charge is 2.20. The van der Waals surface area contributed by atoms with Crippen LogP contribution in [0.25, 0.3) is 81.0 Å². The molecule has 4 heteroatoms. The highest BCUT2D eigenvalue weighted by atomic mass is 32.1. The van der Waals surface area contributed by atoms with Crippen LogP contribution in [0.2, 0.25) is 0 Å². The molecule has 0 saturated heterocycles. The van der Waals surface area contributed by atoms with Crippen molar-refractivity contribution in [1.82, 2.24) is 4.57 Å². The van der Waals surface area contributed by atoms with Crippen molar-refractivity contribution in [3.05, 3.63) is 218 Å². The van der Waals surface area contributed by atoms with Gasteiger partial charge in [-0.1, -0.05) is 140 Å². The Labute approximate surface area is 339 Å². The molecule has 0 aliphatic carbocycles. The lowest BCUT2D eigenvalue weighted by Crippen LogP contribution is -2.11. The Morgan fingerprint density at radius 2 is 0.966 bits per heavy atom. The summed E-state index contributed by atoms with van der Waals surface area (Å²) in [4.78, 5) is 2.36. The average Bonchev–Trinajstić information content (AvgIpc) is 3.83. The van der Waals surface area contributed by atoms with Crippen LogP contribution in [0.5, 0.6) is 0 Å². The summed E-state index contributed by atoms with van der Waals surface area (Å²) in [7, 11) is 0. The summed E-state index contributed by atoms with van der Waals surface area (Å²) in [5.41, 5.74) is 13.0. The second kappa shape index (κ2) is 14.0. The molecule has 0 radical (unpaired) electrons. The van der Waals surface area contributed by atoms with Crippen molar-refractivity contribution in [1.29, 1.82) is 0 Å². The summed E-state index contributed by atoms with van der Waals surface area (Å²) >= 11 is 1.85. The van der Waals surface area contributed by atoms with Gasteiger partial charge in [-0.15, -0.1) is 11.3 Å². The van der Waals surface area contributed by atoms with Crippen molar-refractivity contribution in [3.8, 4) is 39.1 Å². The van der Waals surface area contributed by atoms with E-state index in [1.165, 1.54) is 31.3 Å². The topological polar surface area (TPSA) is 8.17 Å². The number of nitrogens with zero attached hydrogens (tertiary/aromatic N) is 2. The molecule has 2 aromatic heterocycles. The van der Waals surface area contributed by atoms with Crippen molar-refractivity contribution in [2.45, 2.75) is 0 Å². The maximum atomic E-state index is 14.8. The van der Waals surface area contributed by atoms with Crippen molar-refractivity contribution in [2.24, 2.45) is 0 Å². The van der Waals surface area contributed by atoms with Crippen LogP contribution in [0.4, 0.5) is 21.5 Å². The fraction of sp³-hybridized carbons (Fsp3) is 0. The molecule has 0 saturated carbocycles. The number of anilines is 3. The zero-order valence-corrected chi connectivity index (χ0v) is 32.2. The van der Waals surface area contributed by atoms with E-state index in [2.05, 4.69) is 191 Å². The van der Waals surface area contributed by atoms with Crippen LogP contribution in [0, 0.1) is 5.82 Å². The van der Waals surface area contributed by atoms with Gasteiger partial charge in [0.05, 0.1) is 22.4 Å². The molecule has 0 atom stereocenters. The second-order valence-electron chi connectivity index (χ2n) is 14.6. The summed E-state index contributed by atoms with van der Waals surface area (Å²) in [5, 5.41) is 4.74. The number of aromatic nitrogens is 1. The van der Waals surface area contributed by atoms with Crippen molar-refractivity contribution in [3.63, 3.8) is 0 Å². The molecule has 2 heterocycles. The second-order valence-corrected chi connectivity index (χ2v) is 15.7. The normalized spacial score (nSPS) is 11.5. The predicted molar refractivity (Wildman–Crippen MR) is 245 cm³/mol. The van der Waals surface area contributed by atoms with Crippen LogP contribution >= 0.6 is 11.3 Å². The lowest BCUT2D eigenvalue weighted by molar-refractivity contribution is 0.629. The Bertz CT molecular complexity index is 3290. The largest absolute Gasteiger partial charge is 0.310 e. The number of fused-ring (bicyclic) bond motifs is 6. The van der Waals surface area contributed by atoms with E-state index in [-0.39, 0.29) is 5.82 Å². The van der Waals surface area contributed by atoms with E-state index in [9.17, 15) is 4.39 Å². The highest BCUT2D eigenvalue weighted by Crippen LogP contribution is 2.44. The Balaban J connectivity index is 1.04. The van der Waals surface area contributed by atoms with E-state index in [1.54, 1.807) is 12.1 Å². The zero-order valence-electron chi connectivity index (χ0n) is 31.4. The van der Waals surface area contributed by atoms with E-state index in [1.807, 2.05) is 29.5 Å². The zero-order chi connectivity index (χ0) is 38.6. The quantitative estimate of drug-likeness (QED) is 0.157. The third-order valence-corrected chi connectivity index (χ3v) is 12.4. The molecule has 0 amide bonds. The summed E-state index contributed by atoms with van der Waals surface area (Å²) in [6.07, 6.45) is 0. The first-order chi connectivity index (χ1) is 28.7. The van der Waals surface area contributed by atoms with Gasteiger partial charge in [-0.05, 0) is 95.1 Å². The fourth-order valence-corrected chi connectivity index (χ4v) is 9.80. The van der Waals surface area contributed by atoms with Crippen LogP contribution in [-0.2, 0) is 0 Å². The first-order valence-electron chi connectivity index (χ1n) is 19.5. The van der Waals surface area contributed by atoms with Crippen molar-refractivity contribution < 1.29 is 4.39 Å². The van der Waals surface area contributed by atoms with E-state index >= 15 is 0 Å². The molecule has 0 aliphatic rings. The minimum atomic E-state index is -0.251. The van der Waals surface area contributed by atoms with Gasteiger partial charge >= 0.3 is 0 Å². The fourth-order valence-electron chi connectivity index (χ4n) is 8.67. The third-order valence-electron chi connectivity index (χ3n) is 11.3. The first-order valence-corrected chi connectivity index (χ1v) is 20.4. The minimum absolute atomic E-state index is 0.251. The molecule has 274 valence electrons. The van der Waals surface area contributed by atoms with Crippen molar-refractivity contribution >= 4 is 70.4 Å². The lowest BCUT2D eigenvalue weighted by atomic mass is 9.98. The Morgan fingerprint density at radius 1 is 0.397 bits per heavy atom. The van der Waals surface area contributed by atoms with Gasteiger partial charge in [0.1, 0.15) is 5.82 Å². The molecule has 0 aliphatic heterocycles. The average molecular weight is 763 g/mol. The van der Waals surface area contributed by atoms with E-state index < -0.39 is 0 Å². The van der Waals surface area contributed by atoms with Gasteiger partial charge in [-0.3, -0.25) is 0 Å². The molecule has 9 aromatic carbocycles.